The Hall–Kier alpha value is -4.80. The summed E-state index contributed by atoms with van der Waals surface area (Å²) < 4.78 is 31.5. The fourth-order valence-corrected chi connectivity index (χ4v) is 7.91. The summed E-state index contributed by atoms with van der Waals surface area (Å²) in [6, 6.07) is 18.8. The predicted molar refractivity (Wildman–Crippen MR) is 181 cm³/mol. The van der Waals surface area contributed by atoms with Crippen LogP contribution in [0.5, 0.6) is 0 Å². The van der Waals surface area contributed by atoms with Gasteiger partial charge >= 0.3 is 0 Å². The Morgan fingerprint density at radius 1 is 0.870 bits per heavy atom. The van der Waals surface area contributed by atoms with Gasteiger partial charge in [-0.05, 0) is 106 Å². The molecule has 1 aliphatic rings. The molecule has 1 fully saturated rings. The normalized spacial score (nSPS) is 14.8. The quantitative estimate of drug-likeness (QED) is 0.232. The Bertz CT molecular complexity index is 2260. The van der Waals surface area contributed by atoms with E-state index in [2.05, 4.69) is 28.9 Å². The number of pyridine rings is 1. The number of likely N-dealkylation sites (tertiary alicyclic amines) is 1. The standard InChI is InChI=1S/C36H36N6O3S/c1-22-8-10-27(11-9-22)46(44,45)42-21-32(28-12-13-29(35(37)43)24(3)23(28)2)31-18-25(19-38-36(31)42)30-6-5-7-34-33(30)20-41(39-34)26-14-16-40(4)17-15-26/h5-13,18-21,26H,14-17H2,1-4H3,(H2,37,43). The van der Waals surface area contributed by atoms with E-state index in [-0.39, 0.29) is 4.90 Å². The summed E-state index contributed by atoms with van der Waals surface area (Å²) in [7, 11) is -1.82. The highest BCUT2D eigenvalue weighted by atomic mass is 32.2. The minimum atomic E-state index is -3.98. The number of hydrogen-bond donors (Lipinski definition) is 1. The van der Waals surface area contributed by atoms with Crippen molar-refractivity contribution in [3.63, 3.8) is 0 Å². The van der Waals surface area contributed by atoms with E-state index in [1.165, 1.54) is 3.97 Å². The summed E-state index contributed by atoms with van der Waals surface area (Å²) in [5.41, 5.74) is 13.2. The number of hydrogen-bond acceptors (Lipinski definition) is 6. The van der Waals surface area contributed by atoms with Crippen molar-refractivity contribution in [2.24, 2.45) is 5.73 Å². The lowest BCUT2D eigenvalue weighted by Crippen LogP contribution is -2.31. The van der Waals surface area contributed by atoms with E-state index in [0.717, 1.165) is 70.2 Å². The first-order valence-corrected chi connectivity index (χ1v) is 16.9. The number of nitrogens with two attached hydrogens (primary N) is 1. The van der Waals surface area contributed by atoms with Crippen molar-refractivity contribution in [3.8, 4) is 22.3 Å². The molecule has 6 aromatic rings. The van der Waals surface area contributed by atoms with Gasteiger partial charge in [0.2, 0.25) is 5.91 Å². The van der Waals surface area contributed by atoms with E-state index < -0.39 is 15.9 Å². The first kappa shape index (κ1) is 29.9. The maximum absolute atomic E-state index is 14.0. The molecule has 0 spiro atoms. The van der Waals surface area contributed by atoms with E-state index in [4.69, 9.17) is 15.8 Å². The highest BCUT2D eigenvalue weighted by Gasteiger charge is 2.25. The van der Waals surface area contributed by atoms with Crippen molar-refractivity contribution in [3.05, 3.63) is 102 Å². The molecule has 3 aromatic carbocycles. The topological polar surface area (TPSA) is 116 Å². The van der Waals surface area contributed by atoms with Crippen LogP contribution in [0.4, 0.5) is 0 Å². The van der Waals surface area contributed by atoms with Gasteiger partial charge in [-0.25, -0.2) is 17.4 Å². The number of rotatable bonds is 6. The van der Waals surface area contributed by atoms with Gasteiger partial charge in [0.1, 0.15) is 0 Å². The molecule has 10 heteroatoms. The van der Waals surface area contributed by atoms with Crippen LogP contribution in [0, 0.1) is 20.8 Å². The first-order valence-electron chi connectivity index (χ1n) is 15.4. The summed E-state index contributed by atoms with van der Waals surface area (Å²) in [4.78, 5) is 19.4. The summed E-state index contributed by atoms with van der Waals surface area (Å²) in [6.07, 6.45) is 7.61. The molecule has 7 rings (SSSR count). The van der Waals surface area contributed by atoms with Crippen molar-refractivity contribution >= 4 is 37.9 Å². The molecule has 46 heavy (non-hydrogen) atoms. The largest absolute Gasteiger partial charge is 0.366 e. The average molecular weight is 633 g/mol. The molecule has 1 aliphatic heterocycles. The summed E-state index contributed by atoms with van der Waals surface area (Å²) in [5.74, 6) is -0.505. The van der Waals surface area contributed by atoms with Gasteiger partial charge in [0.15, 0.2) is 5.65 Å². The van der Waals surface area contributed by atoms with Crippen molar-refractivity contribution < 1.29 is 13.2 Å². The SMILES string of the molecule is Cc1ccc(S(=O)(=O)n2cc(-c3ccc(C(N)=O)c(C)c3C)c3cc(-c4cccc5nn(C6CCN(C)CC6)cc45)cnc32)cc1. The zero-order chi connectivity index (χ0) is 32.3. The molecule has 0 aliphatic carbocycles. The third-order valence-electron chi connectivity index (χ3n) is 9.47. The van der Waals surface area contributed by atoms with Crippen molar-refractivity contribution in [2.45, 2.75) is 44.6 Å². The molecule has 1 saturated heterocycles. The van der Waals surface area contributed by atoms with E-state index >= 15 is 0 Å². The molecule has 0 bridgehead atoms. The molecule has 0 saturated carbocycles. The van der Waals surface area contributed by atoms with Gasteiger partial charge in [-0.2, -0.15) is 5.10 Å². The lowest BCUT2D eigenvalue weighted by molar-refractivity contribution is 0.0999. The van der Waals surface area contributed by atoms with E-state index in [9.17, 15) is 13.2 Å². The molecular weight excluding hydrogens is 597 g/mol. The lowest BCUT2D eigenvalue weighted by Gasteiger charge is -2.28. The highest BCUT2D eigenvalue weighted by molar-refractivity contribution is 7.90. The van der Waals surface area contributed by atoms with Crippen LogP contribution in [0.2, 0.25) is 0 Å². The van der Waals surface area contributed by atoms with Gasteiger partial charge in [-0.1, -0.05) is 35.9 Å². The Morgan fingerprint density at radius 2 is 1.61 bits per heavy atom. The molecular formula is C36H36N6O3S. The Labute approximate surface area is 268 Å². The second kappa shape index (κ2) is 11.2. The predicted octanol–water partition coefficient (Wildman–Crippen LogP) is 6.25. The first-order chi connectivity index (χ1) is 22.0. The van der Waals surface area contributed by atoms with Gasteiger partial charge in [0.05, 0.1) is 16.5 Å². The lowest BCUT2D eigenvalue weighted by atomic mass is 9.93. The molecule has 1 amide bonds. The molecule has 4 heterocycles. The number of carbonyl (C=O) groups excluding carboxylic acids is 1. The van der Waals surface area contributed by atoms with Crippen molar-refractivity contribution in [2.75, 3.05) is 20.1 Å². The van der Waals surface area contributed by atoms with Crippen LogP contribution < -0.4 is 5.73 Å². The van der Waals surface area contributed by atoms with Crippen LogP contribution in [0.15, 0.2) is 84.1 Å². The van der Waals surface area contributed by atoms with E-state index in [1.807, 2.05) is 45.0 Å². The fourth-order valence-electron chi connectivity index (χ4n) is 6.59. The van der Waals surface area contributed by atoms with Gasteiger partial charge in [0.25, 0.3) is 10.0 Å². The van der Waals surface area contributed by atoms with E-state index in [0.29, 0.717) is 28.2 Å². The molecule has 0 radical (unpaired) electrons. The van der Waals surface area contributed by atoms with E-state index in [1.54, 1.807) is 42.7 Å². The molecule has 0 unspecified atom stereocenters. The van der Waals surface area contributed by atoms with Crippen molar-refractivity contribution in [1.82, 2.24) is 23.6 Å². The van der Waals surface area contributed by atoms with Crippen LogP contribution in [0.1, 0.15) is 45.9 Å². The Balaban J connectivity index is 1.43. The number of amides is 1. The number of nitrogens with zero attached hydrogens (tertiary/aromatic N) is 5. The zero-order valence-electron chi connectivity index (χ0n) is 26.4. The Kier molecular flexibility index (Phi) is 7.29. The monoisotopic (exact) mass is 632 g/mol. The number of aromatic nitrogens is 4. The number of fused-ring (bicyclic) bond motifs is 2. The minimum absolute atomic E-state index is 0.176. The molecule has 234 valence electrons. The smallest absolute Gasteiger partial charge is 0.269 e. The Morgan fingerprint density at radius 3 is 2.33 bits per heavy atom. The highest BCUT2D eigenvalue weighted by Crippen LogP contribution is 2.39. The van der Waals surface area contributed by atoms with Gasteiger partial charge in [-0.15, -0.1) is 0 Å². The molecule has 0 atom stereocenters. The molecule has 9 nitrogen and oxygen atoms in total. The maximum atomic E-state index is 14.0. The number of primary amides is 1. The molecule has 2 N–H and O–H groups in total. The van der Waals surface area contributed by atoms with Crippen LogP contribution in [0.3, 0.4) is 0 Å². The van der Waals surface area contributed by atoms with Gasteiger partial charge in [-0.3, -0.25) is 9.48 Å². The van der Waals surface area contributed by atoms with Crippen LogP contribution >= 0.6 is 0 Å². The number of aryl methyl sites for hydroxylation is 1. The van der Waals surface area contributed by atoms with Crippen LogP contribution in [0.25, 0.3) is 44.2 Å². The summed E-state index contributed by atoms with van der Waals surface area (Å²) in [5, 5.41) is 6.66. The van der Waals surface area contributed by atoms with Gasteiger partial charge < -0.3 is 10.6 Å². The molecule has 3 aromatic heterocycles. The third-order valence-corrected chi connectivity index (χ3v) is 11.1. The number of carbonyl (C=O) groups is 1. The second-order valence-electron chi connectivity index (χ2n) is 12.4. The number of piperidine rings is 1. The van der Waals surface area contributed by atoms with Crippen molar-refractivity contribution in [1.29, 1.82) is 0 Å². The minimum Gasteiger partial charge on any atom is -0.366 e. The second-order valence-corrected chi connectivity index (χ2v) is 14.2. The van der Waals surface area contributed by atoms with Gasteiger partial charge in [0, 0.05) is 46.1 Å². The fraction of sp³-hybridized carbons (Fsp3) is 0.250. The van der Waals surface area contributed by atoms with Crippen LogP contribution in [-0.2, 0) is 10.0 Å². The average Bonchev–Trinajstić information content (AvgIpc) is 3.65. The zero-order valence-corrected chi connectivity index (χ0v) is 27.2. The summed E-state index contributed by atoms with van der Waals surface area (Å²) >= 11 is 0. The third kappa shape index (κ3) is 4.98. The van der Waals surface area contributed by atoms with Crippen LogP contribution in [-0.4, -0.2) is 58.1 Å². The number of benzene rings is 3. The maximum Gasteiger partial charge on any atom is 0.269 e. The summed E-state index contributed by atoms with van der Waals surface area (Å²) in [6.45, 7) is 7.77.